The van der Waals surface area contributed by atoms with E-state index in [4.69, 9.17) is 9.11 Å². The van der Waals surface area contributed by atoms with Crippen LogP contribution >= 0.6 is 0 Å². The maximum absolute atomic E-state index is 10.6. The van der Waals surface area contributed by atoms with Crippen LogP contribution in [0.25, 0.3) is 0 Å². The maximum atomic E-state index is 10.6. The van der Waals surface area contributed by atoms with Crippen LogP contribution < -0.4 is 59.1 Å². The van der Waals surface area contributed by atoms with Crippen LogP contribution in [0.1, 0.15) is 0 Å². The van der Waals surface area contributed by atoms with Gasteiger partial charge in [0.05, 0.1) is 43.2 Å². The largest absolute Gasteiger partial charge is 1.00 e. The first-order valence-corrected chi connectivity index (χ1v) is 17.4. The molecule has 2 N–H and O–H groups in total. The summed E-state index contributed by atoms with van der Waals surface area (Å²) in [6.45, 7) is 5.63. The molecule has 0 aliphatic carbocycles. The molecule has 0 aromatic rings. The van der Waals surface area contributed by atoms with E-state index in [2.05, 4.69) is 0 Å². The third-order valence-electron chi connectivity index (χ3n) is 5.58. The molecular weight excluding hydrogens is 614 g/mol. The van der Waals surface area contributed by atoms with Gasteiger partial charge in [-0.1, -0.05) is 0 Å². The van der Waals surface area contributed by atoms with Gasteiger partial charge < -0.3 is 9.11 Å². The minimum atomic E-state index is -4.19. The first kappa shape index (κ1) is 41.6. The van der Waals surface area contributed by atoms with Gasteiger partial charge in [0.15, 0.2) is 0 Å². The number of nitrogens with zero attached hydrogens (tertiary/aromatic N) is 4. The summed E-state index contributed by atoms with van der Waals surface area (Å²) < 4.78 is 122. The van der Waals surface area contributed by atoms with Crippen LogP contribution in [0.3, 0.4) is 0 Å². The van der Waals surface area contributed by atoms with Crippen molar-refractivity contribution in [1.82, 2.24) is 19.6 Å². The van der Waals surface area contributed by atoms with Crippen molar-refractivity contribution in [2.45, 2.75) is 0 Å². The molecule has 0 spiro atoms. The Bertz CT molecular complexity index is 915. The molecule has 0 bridgehead atoms. The third kappa shape index (κ3) is 24.1. The van der Waals surface area contributed by atoms with Gasteiger partial charge in [0, 0.05) is 78.5 Å². The molecule has 2 aliphatic heterocycles. The van der Waals surface area contributed by atoms with Crippen LogP contribution in [0.4, 0.5) is 0 Å². The van der Waals surface area contributed by atoms with Gasteiger partial charge in [0.2, 0.25) is 0 Å². The Labute approximate surface area is 270 Å². The number of rotatable bonds is 12. The standard InChI is InChI=1S/2C8H18N2O6S2.2Na/c2*11-17(12,13)7-5-9-1-2-10(4-3-9)6-8-18(14,15)16;;/h2*1-8H2,(H,11,12,13)(H,14,15,16);;/q;;2*+1/p-2. The van der Waals surface area contributed by atoms with Gasteiger partial charge in [-0.05, 0) is 0 Å². The quantitative estimate of drug-likeness (QED) is 0.148. The van der Waals surface area contributed by atoms with Gasteiger partial charge in [-0.3, -0.25) is 28.7 Å². The monoisotopic (exact) mass is 648 g/mol. The summed E-state index contributed by atoms with van der Waals surface area (Å²) in [5.74, 6) is -1.42. The molecular formula is C16H34N4Na2O12S4. The summed E-state index contributed by atoms with van der Waals surface area (Å²) in [6.07, 6.45) is 0. The molecule has 0 amide bonds. The first-order valence-electron chi connectivity index (χ1n) is 11.0. The topological polar surface area (TPSA) is 236 Å². The van der Waals surface area contributed by atoms with E-state index in [0.29, 0.717) is 52.4 Å². The molecule has 0 aromatic carbocycles. The fraction of sp³-hybridized carbons (Fsp3) is 1.00. The molecule has 2 rings (SSSR count). The fourth-order valence-corrected chi connectivity index (χ4v) is 5.39. The van der Waals surface area contributed by atoms with Gasteiger partial charge >= 0.3 is 59.1 Å². The molecule has 2 saturated heterocycles. The second-order valence-corrected chi connectivity index (χ2v) is 14.7. The van der Waals surface area contributed by atoms with Gasteiger partial charge in [0.1, 0.15) is 0 Å². The van der Waals surface area contributed by atoms with Crippen molar-refractivity contribution in [3.8, 4) is 0 Å². The third-order valence-corrected chi connectivity index (χ3v) is 8.34. The summed E-state index contributed by atoms with van der Waals surface area (Å²) in [7, 11) is -16.3. The molecule has 0 unspecified atom stereocenters. The predicted molar refractivity (Wildman–Crippen MR) is 128 cm³/mol. The Kier molecular flexibility index (Phi) is 20.7. The number of piperazine rings is 2. The number of hydrogen-bond acceptors (Lipinski definition) is 14. The second-order valence-electron chi connectivity index (χ2n) is 8.46. The smallest absolute Gasteiger partial charge is 0.748 e. The van der Waals surface area contributed by atoms with E-state index >= 15 is 0 Å². The average molecular weight is 649 g/mol. The zero-order valence-electron chi connectivity index (χ0n) is 21.7. The van der Waals surface area contributed by atoms with Crippen LogP contribution in [0, 0.1) is 0 Å². The van der Waals surface area contributed by atoms with E-state index in [1.54, 1.807) is 0 Å². The Hall–Kier alpha value is 1.48. The minimum absolute atomic E-state index is 0. The van der Waals surface area contributed by atoms with Crippen LogP contribution in [-0.2, 0) is 40.5 Å². The molecule has 38 heavy (non-hydrogen) atoms. The summed E-state index contributed by atoms with van der Waals surface area (Å²) >= 11 is 0. The zero-order valence-corrected chi connectivity index (χ0v) is 29.0. The molecule has 216 valence electrons. The van der Waals surface area contributed by atoms with Crippen molar-refractivity contribution in [3.63, 3.8) is 0 Å². The normalized spacial score (nSPS) is 19.1. The van der Waals surface area contributed by atoms with Gasteiger partial charge in [-0.25, -0.2) is 16.8 Å². The predicted octanol–water partition coefficient (Wildman–Crippen LogP) is -9.92. The van der Waals surface area contributed by atoms with Gasteiger partial charge in [-0.2, -0.15) is 16.8 Å². The molecule has 2 fully saturated rings. The molecule has 2 heterocycles. The molecule has 0 aromatic heterocycles. The molecule has 16 nitrogen and oxygen atoms in total. The Morgan fingerprint density at radius 3 is 0.789 bits per heavy atom. The summed E-state index contributed by atoms with van der Waals surface area (Å²) in [5.41, 5.74) is 0. The molecule has 0 radical (unpaired) electrons. The van der Waals surface area contributed by atoms with E-state index in [9.17, 15) is 42.8 Å². The van der Waals surface area contributed by atoms with Crippen molar-refractivity contribution < 1.29 is 111 Å². The van der Waals surface area contributed by atoms with E-state index in [1.165, 1.54) is 0 Å². The minimum Gasteiger partial charge on any atom is -0.748 e. The van der Waals surface area contributed by atoms with Crippen molar-refractivity contribution in [1.29, 1.82) is 0 Å². The Balaban J connectivity index is 0. The van der Waals surface area contributed by atoms with Crippen LogP contribution in [-0.4, -0.2) is 173 Å². The van der Waals surface area contributed by atoms with Crippen LogP contribution in [0.2, 0.25) is 0 Å². The molecule has 0 atom stereocenters. The molecule has 22 heteroatoms. The summed E-state index contributed by atoms with van der Waals surface area (Å²) in [4.78, 5) is 7.44. The Morgan fingerprint density at radius 1 is 0.447 bits per heavy atom. The van der Waals surface area contributed by atoms with Crippen molar-refractivity contribution in [2.75, 3.05) is 102 Å². The Morgan fingerprint density at radius 2 is 0.632 bits per heavy atom. The van der Waals surface area contributed by atoms with E-state index in [-0.39, 0.29) is 96.8 Å². The summed E-state index contributed by atoms with van der Waals surface area (Å²) in [6, 6.07) is 0. The fourth-order valence-electron chi connectivity index (χ4n) is 3.44. The SMILES string of the molecule is O=S(=O)(O)CCN1CCN(CCS(=O)(=O)O)CC1.O=S(=O)([O-])CCN1CCN(CCS(=O)(=O)[O-])CC1.[Na+].[Na+]. The van der Waals surface area contributed by atoms with Crippen molar-refractivity contribution in [2.24, 2.45) is 0 Å². The maximum Gasteiger partial charge on any atom is 1.00 e. The van der Waals surface area contributed by atoms with Crippen LogP contribution in [0.15, 0.2) is 0 Å². The average Bonchev–Trinajstić information content (AvgIpc) is 2.73. The summed E-state index contributed by atoms with van der Waals surface area (Å²) in [5, 5.41) is 0. The van der Waals surface area contributed by atoms with E-state index in [0.717, 1.165) is 0 Å². The molecule has 0 saturated carbocycles. The second kappa shape index (κ2) is 18.9. The number of hydrogen-bond donors (Lipinski definition) is 2. The zero-order chi connectivity index (χ0) is 27.6. The van der Waals surface area contributed by atoms with Crippen LogP contribution in [0.5, 0.6) is 0 Å². The van der Waals surface area contributed by atoms with Gasteiger partial charge in [-0.15, -0.1) is 0 Å². The van der Waals surface area contributed by atoms with Crippen molar-refractivity contribution >= 4 is 40.5 Å². The first-order chi connectivity index (χ1) is 16.3. The van der Waals surface area contributed by atoms with E-state index < -0.39 is 52.0 Å². The van der Waals surface area contributed by atoms with Crippen molar-refractivity contribution in [3.05, 3.63) is 0 Å². The van der Waals surface area contributed by atoms with E-state index in [1.807, 2.05) is 19.6 Å². The molecule has 2 aliphatic rings. The van der Waals surface area contributed by atoms with Gasteiger partial charge in [0.25, 0.3) is 20.2 Å².